The summed E-state index contributed by atoms with van der Waals surface area (Å²) in [7, 11) is 0. The van der Waals surface area contributed by atoms with Crippen LogP contribution >= 0.6 is 0 Å². The van der Waals surface area contributed by atoms with Crippen molar-refractivity contribution in [1.82, 2.24) is 9.88 Å². The van der Waals surface area contributed by atoms with E-state index in [0.29, 0.717) is 6.54 Å². The number of benzene rings is 1. The molecule has 0 radical (unpaired) electrons. The summed E-state index contributed by atoms with van der Waals surface area (Å²) in [5.41, 5.74) is 2.54. The van der Waals surface area contributed by atoms with E-state index >= 15 is 0 Å². The first-order valence-corrected chi connectivity index (χ1v) is 6.66. The van der Waals surface area contributed by atoms with Crippen LogP contribution in [0.25, 0.3) is 0 Å². The lowest BCUT2D eigenvalue weighted by Gasteiger charge is -2.21. The quantitative estimate of drug-likeness (QED) is 0.892. The molecule has 1 aromatic carbocycles. The van der Waals surface area contributed by atoms with E-state index in [2.05, 4.69) is 31.3 Å². The summed E-state index contributed by atoms with van der Waals surface area (Å²) < 4.78 is 1.75. The second-order valence-corrected chi connectivity index (χ2v) is 4.66. The lowest BCUT2D eigenvalue weighted by molar-refractivity contribution is 0.465. The summed E-state index contributed by atoms with van der Waals surface area (Å²) in [4.78, 5) is 11.8. The highest BCUT2D eigenvalue weighted by Gasteiger charge is 2.13. The highest BCUT2D eigenvalue weighted by atomic mass is 16.1. The van der Waals surface area contributed by atoms with Crippen molar-refractivity contribution in [3.8, 4) is 0 Å². The predicted octanol–water partition coefficient (Wildman–Crippen LogP) is 2.51. The van der Waals surface area contributed by atoms with Gasteiger partial charge in [0.25, 0.3) is 5.56 Å². The Hall–Kier alpha value is -1.87. The van der Waals surface area contributed by atoms with Gasteiger partial charge in [-0.15, -0.1) is 0 Å². The maximum Gasteiger partial charge on any atom is 0.250 e. The molecule has 0 fully saturated rings. The molecule has 19 heavy (non-hydrogen) atoms. The molecule has 0 amide bonds. The molecule has 0 aliphatic rings. The van der Waals surface area contributed by atoms with E-state index < -0.39 is 0 Å². The third-order valence-corrected chi connectivity index (χ3v) is 3.29. The summed E-state index contributed by atoms with van der Waals surface area (Å²) in [5.74, 6) is 0. The van der Waals surface area contributed by atoms with E-state index in [9.17, 15) is 4.79 Å². The van der Waals surface area contributed by atoms with Crippen molar-refractivity contribution in [3.63, 3.8) is 0 Å². The van der Waals surface area contributed by atoms with E-state index in [1.807, 2.05) is 24.4 Å². The third kappa shape index (κ3) is 3.32. The Kier molecular flexibility index (Phi) is 4.53. The van der Waals surface area contributed by atoms with Crippen molar-refractivity contribution in [1.29, 1.82) is 0 Å². The van der Waals surface area contributed by atoms with E-state index in [0.717, 1.165) is 6.54 Å². The molecule has 0 aliphatic carbocycles. The molecule has 1 N–H and O–H groups in total. The van der Waals surface area contributed by atoms with Crippen LogP contribution in [0.4, 0.5) is 0 Å². The molecule has 3 heteroatoms. The molecule has 1 aromatic heterocycles. The van der Waals surface area contributed by atoms with Gasteiger partial charge in [-0.25, -0.2) is 0 Å². The minimum Gasteiger partial charge on any atom is -0.314 e. The van der Waals surface area contributed by atoms with E-state index in [1.54, 1.807) is 16.7 Å². The van der Waals surface area contributed by atoms with Crippen LogP contribution in [0.5, 0.6) is 0 Å². The van der Waals surface area contributed by atoms with E-state index in [1.165, 1.54) is 11.1 Å². The van der Waals surface area contributed by atoms with Crippen molar-refractivity contribution in [3.05, 3.63) is 70.1 Å². The number of aromatic nitrogens is 1. The molecule has 0 spiro atoms. The fourth-order valence-electron chi connectivity index (χ4n) is 2.31. The number of hydrogen-bond acceptors (Lipinski definition) is 2. The van der Waals surface area contributed by atoms with Crippen molar-refractivity contribution in [2.24, 2.45) is 0 Å². The Labute approximate surface area is 113 Å². The molecule has 0 saturated heterocycles. The zero-order valence-electron chi connectivity index (χ0n) is 11.5. The number of rotatable bonds is 5. The molecule has 0 saturated carbocycles. The van der Waals surface area contributed by atoms with Crippen LogP contribution in [0.15, 0.2) is 53.5 Å². The Bertz CT molecular complexity index is 589. The van der Waals surface area contributed by atoms with Crippen LogP contribution in [0.3, 0.4) is 0 Å². The largest absolute Gasteiger partial charge is 0.314 e. The van der Waals surface area contributed by atoms with Crippen molar-refractivity contribution < 1.29 is 0 Å². The Morgan fingerprint density at radius 3 is 2.58 bits per heavy atom. The Morgan fingerprint density at radius 2 is 1.89 bits per heavy atom. The average Bonchev–Trinajstić information content (AvgIpc) is 2.41. The molecule has 100 valence electrons. The molecule has 1 atom stereocenters. The maximum atomic E-state index is 11.8. The first-order chi connectivity index (χ1) is 9.22. The van der Waals surface area contributed by atoms with Gasteiger partial charge in [-0.2, -0.15) is 0 Å². The molecule has 3 nitrogen and oxygen atoms in total. The molecule has 2 rings (SSSR count). The monoisotopic (exact) mass is 256 g/mol. The van der Waals surface area contributed by atoms with Gasteiger partial charge in [-0.3, -0.25) is 4.79 Å². The van der Waals surface area contributed by atoms with Gasteiger partial charge in [-0.05, 0) is 30.7 Å². The number of likely N-dealkylation sites (N-methyl/N-ethyl adjacent to an activating group) is 1. The molecular formula is C16H20N2O. The van der Waals surface area contributed by atoms with Crippen molar-refractivity contribution >= 4 is 0 Å². The van der Waals surface area contributed by atoms with Gasteiger partial charge in [0.1, 0.15) is 0 Å². The second kappa shape index (κ2) is 6.34. The number of pyridine rings is 1. The maximum absolute atomic E-state index is 11.8. The summed E-state index contributed by atoms with van der Waals surface area (Å²) in [6, 6.07) is 13.7. The van der Waals surface area contributed by atoms with Crippen LogP contribution in [0, 0.1) is 6.92 Å². The topological polar surface area (TPSA) is 34.0 Å². The molecular weight excluding hydrogens is 236 g/mol. The van der Waals surface area contributed by atoms with Gasteiger partial charge < -0.3 is 9.88 Å². The van der Waals surface area contributed by atoms with Gasteiger partial charge in [0, 0.05) is 18.8 Å². The van der Waals surface area contributed by atoms with Crippen molar-refractivity contribution in [2.75, 3.05) is 6.54 Å². The van der Waals surface area contributed by atoms with Gasteiger partial charge in [-0.1, -0.05) is 37.3 Å². The highest BCUT2D eigenvalue weighted by molar-refractivity contribution is 5.28. The van der Waals surface area contributed by atoms with Crippen LogP contribution < -0.4 is 10.9 Å². The number of nitrogens with zero attached hydrogens (tertiary/aromatic N) is 1. The number of hydrogen-bond donors (Lipinski definition) is 1. The van der Waals surface area contributed by atoms with Crippen LogP contribution in [-0.2, 0) is 6.54 Å². The van der Waals surface area contributed by atoms with Gasteiger partial charge in [0.15, 0.2) is 0 Å². The van der Waals surface area contributed by atoms with Gasteiger partial charge in [0.05, 0.1) is 6.04 Å². The molecule has 1 heterocycles. The smallest absolute Gasteiger partial charge is 0.250 e. The minimum absolute atomic E-state index is 0.0407. The first kappa shape index (κ1) is 13.6. The molecule has 1 unspecified atom stereocenters. The Morgan fingerprint density at radius 1 is 1.16 bits per heavy atom. The predicted molar refractivity (Wildman–Crippen MR) is 78.3 cm³/mol. The Balaban J connectivity index is 2.29. The molecule has 0 aliphatic heterocycles. The standard InChI is InChI=1S/C16H20N2O/c1-3-17-15(14-9-5-4-8-13(14)2)12-18-11-7-6-10-16(18)19/h4-11,15,17H,3,12H2,1-2H3. The first-order valence-electron chi connectivity index (χ1n) is 6.66. The average molecular weight is 256 g/mol. The molecule has 2 aromatic rings. The second-order valence-electron chi connectivity index (χ2n) is 4.66. The third-order valence-electron chi connectivity index (χ3n) is 3.29. The van der Waals surface area contributed by atoms with Crippen molar-refractivity contribution in [2.45, 2.75) is 26.4 Å². The summed E-state index contributed by atoms with van der Waals surface area (Å²) >= 11 is 0. The summed E-state index contributed by atoms with van der Waals surface area (Å²) in [6.07, 6.45) is 1.84. The lowest BCUT2D eigenvalue weighted by Crippen LogP contribution is -2.30. The SMILES string of the molecule is CCNC(Cn1ccccc1=O)c1ccccc1C. The normalized spacial score (nSPS) is 12.3. The zero-order chi connectivity index (χ0) is 13.7. The number of nitrogens with one attached hydrogen (secondary N) is 1. The van der Waals surface area contributed by atoms with Crippen LogP contribution in [0.1, 0.15) is 24.1 Å². The van der Waals surface area contributed by atoms with Crippen LogP contribution in [0.2, 0.25) is 0 Å². The molecule has 0 bridgehead atoms. The lowest BCUT2D eigenvalue weighted by atomic mass is 10.0. The minimum atomic E-state index is 0.0407. The number of aryl methyl sites for hydroxylation is 1. The van der Waals surface area contributed by atoms with Crippen LogP contribution in [-0.4, -0.2) is 11.1 Å². The highest BCUT2D eigenvalue weighted by Crippen LogP contribution is 2.18. The summed E-state index contributed by atoms with van der Waals surface area (Å²) in [5, 5.41) is 3.46. The van der Waals surface area contributed by atoms with Gasteiger partial charge >= 0.3 is 0 Å². The van der Waals surface area contributed by atoms with E-state index in [4.69, 9.17) is 0 Å². The summed E-state index contributed by atoms with van der Waals surface area (Å²) in [6.45, 7) is 5.71. The van der Waals surface area contributed by atoms with E-state index in [-0.39, 0.29) is 11.6 Å². The zero-order valence-corrected chi connectivity index (χ0v) is 11.5. The fourth-order valence-corrected chi connectivity index (χ4v) is 2.31. The van der Waals surface area contributed by atoms with Gasteiger partial charge in [0.2, 0.25) is 0 Å². The fraction of sp³-hybridized carbons (Fsp3) is 0.312.